The molecule has 4 aliphatic rings. The van der Waals surface area contributed by atoms with Gasteiger partial charge in [-0.1, -0.05) is 62.4 Å². The van der Waals surface area contributed by atoms with Gasteiger partial charge in [0.25, 0.3) is 0 Å². The van der Waals surface area contributed by atoms with Crippen molar-refractivity contribution in [3.05, 3.63) is 84.7 Å². The number of imidazole rings is 2. The molecule has 4 amide bonds. The lowest BCUT2D eigenvalue weighted by atomic mass is 9.97. The van der Waals surface area contributed by atoms with Gasteiger partial charge in [-0.25, -0.2) is 19.6 Å². The highest BCUT2D eigenvalue weighted by Gasteiger charge is 2.55. The molecule has 2 aliphatic carbocycles. The predicted molar refractivity (Wildman–Crippen MR) is 225 cm³/mol. The first-order valence-corrected chi connectivity index (χ1v) is 21.0. The van der Waals surface area contributed by atoms with E-state index in [2.05, 4.69) is 81.3 Å². The van der Waals surface area contributed by atoms with Gasteiger partial charge >= 0.3 is 12.2 Å². The lowest BCUT2D eigenvalue weighted by molar-refractivity contribution is -0.138. The van der Waals surface area contributed by atoms with Crippen molar-refractivity contribution in [1.82, 2.24) is 40.4 Å². The molecule has 2 bridgehead atoms. The fourth-order valence-electron chi connectivity index (χ4n) is 9.85. The van der Waals surface area contributed by atoms with E-state index in [1.165, 1.54) is 14.2 Å². The SMILES string of the molecule is COC(=O)NC(C(=O)N1CC2(CC2)C[C@H]1c1ncc(-c2ccc3cc(-c4ccc(-c5cnc([C@@H]6[C@H]7CCC(C7)N6C(=O)[C@H](C)NC(=O)OC)[nH]5)cc4)ccc3c2)[nH]1)C(C)C. The fraction of sp³-hybridized carbons (Fsp3) is 0.435. The van der Waals surface area contributed by atoms with Crippen LogP contribution in [0.15, 0.2) is 73.1 Å². The molecule has 60 heavy (non-hydrogen) atoms. The minimum absolute atomic E-state index is 0.104. The van der Waals surface area contributed by atoms with E-state index in [4.69, 9.17) is 19.4 Å². The van der Waals surface area contributed by atoms with Gasteiger partial charge in [-0.05, 0) is 102 Å². The Kier molecular flexibility index (Phi) is 10.1. The van der Waals surface area contributed by atoms with Gasteiger partial charge in [0.1, 0.15) is 23.7 Å². The molecule has 1 spiro atoms. The summed E-state index contributed by atoms with van der Waals surface area (Å²) in [6.07, 6.45) is 8.41. The number of likely N-dealkylation sites (tertiary alicyclic amines) is 2. The summed E-state index contributed by atoms with van der Waals surface area (Å²) in [5.74, 6) is 1.52. The van der Waals surface area contributed by atoms with Crippen LogP contribution in [0.25, 0.3) is 44.4 Å². The number of benzene rings is 3. The van der Waals surface area contributed by atoms with Crippen LogP contribution in [-0.4, -0.2) is 92.6 Å². The third-order valence-corrected chi connectivity index (χ3v) is 13.3. The summed E-state index contributed by atoms with van der Waals surface area (Å²) in [5, 5.41) is 7.59. The predicted octanol–water partition coefficient (Wildman–Crippen LogP) is 7.52. The van der Waals surface area contributed by atoms with Crippen LogP contribution >= 0.6 is 0 Å². The highest BCUT2D eigenvalue weighted by atomic mass is 16.5. The molecule has 6 atom stereocenters. The smallest absolute Gasteiger partial charge is 0.407 e. The van der Waals surface area contributed by atoms with E-state index in [-0.39, 0.29) is 41.3 Å². The van der Waals surface area contributed by atoms with Crippen LogP contribution in [0.3, 0.4) is 0 Å². The third kappa shape index (κ3) is 7.26. The maximum Gasteiger partial charge on any atom is 0.407 e. The second-order valence-electron chi connectivity index (χ2n) is 17.5. The number of carbonyl (C=O) groups excluding carboxylic acids is 4. The second kappa shape index (κ2) is 15.4. The maximum atomic E-state index is 13.9. The van der Waals surface area contributed by atoms with Crippen LogP contribution in [0.1, 0.15) is 83.0 Å². The van der Waals surface area contributed by atoms with E-state index in [0.29, 0.717) is 12.5 Å². The fourth-order valence-corrected chi connectivity index (χ4v) is 9.85. The Balaban J connectivity index is 0.890. The minimum atomic E-state index is -0.700. The van der Waals surface area contributed by atoms with Gasteiger partial charge in [0.2, 0.25) is 11.8 Å². The van der Waals surface area contributed by atoms with E-state index in [1.807, 2.05) is 36.0 Å². The summed E-state index contributed by atoms with van der Waals surface area (Å²) >= 11 is 0. The van der Waals surface area contributed by atoms with Crippen molar-refractivity contribution in [2.45, 2.75) is 89.5 Å². The first-order valence-electron chi connectivity index (χ1n) is 21.0. The summed E-state index contributed by atoms with van der Waals surface area (Å²) in [7, 11) is 2.60. The highest BCUT2D eigenvalue weighted by molar-refractivity contribution is 5.91. The zero-order valence-corrected chi connectivity index (χ0v) is 34.7. The number of aromatic nitrogens is 4. The quantitative estimate of drug-likeness (QED) is 0.112. The number of amides is 4. The van der Waals surface area contributed by atoms with Gasteiger partial charge in [0.05, 0.1) is 50.1 Å². The Labute approximate surface area is 348 Å². The molecule has 4 N–H and O–H groups in total. The molecule has 2 saturated carbocycles. The zero-order chi connectivity index (χ0) is 41.9. The number of ether oxygens (including phenoxy) is 2. The van der Waals surface area contributed by atoms with Crippen molar-refractivity contribution in [2.75, 3.05) is 20.8 Å². The molecule has 9 rings (SSSR count). The third-order valence-electron chi connectivity index (χ3n) is 13.3. The Morgan fingerprint density at radius 2 is 1.35 bits per heavy atom. The number of hydrogen-bond donors (Lipinski definition) is 4. The molecule has 3 aromatic carbocycles. The summed E-state index contributed by atoms with van der Waals surface area (Å²) < 4.78 is 9.54. The Morgan fingerprint density at radius 1 is 0.750 bits per heavy atom. The standard InChI is InChI=1S/C46H52N8O6/c1-25(2)38(52-45(58)60-5)43(56)53-24-46(16-17-46)21-37(53)40-47-23-36(50-40)32-13-12-30-18-29(10-11-31(30)19-32)27-6-8-28(9-7-27)35-22-48-41(51-35)39-33-14-15-34(20-33)54(39)42(55)26(3)49-44(57)59-4/h6-13,18-19,22-23,25-26,33-34,37-39H,14-17,20-21,24H2,1-5H3,(H,47,50)(H,48,51)(H,49,57)(H,52,58)/t26-,33-,34?,37-,38?,39-/m0/s1. The van der Waals surface area contributed by atoms with Crippen molar-refractivity contribution in [3.8, 4) is 33.6 Å². The van der Waals surface area contributed by atoms with Crippen molar-refractivity contribution in [2.24, 2.45) is 17.3 Å². The van der Waals surface area contributed by atoms with Crippen molar-refractivity contribution in [3.63, 3.8) is 0 Å². The number of nitrogens with zero attached hydrogens (tertiary/aromatic N) is 4. The number of methoxy groups -OCH3 is 2. The molecule has 2 unspecified atom stereocenters. The molecule has 5 aromatic rings. The van der Waals surface area contributed by atoms with Crippen LogP contribution in [0, 0.1) is 17.3 Å². The lowest BCUT2D eigenvalue weighted by Crippen LogP contribution is -2.51. The molecule has 4 heterocycles. The van der Waals surface area contributed by atoms with Crippen LogP contribution in [-0.2, 0) is 19.1 Å². The number of rotatable bonds is 10. The van der Waals surface area contributed by atoms with E-state index in [1.54, 1.807) is 6.92 Å². The normalized spacial score (nSPS) is 22.3. The average molecular weight is 813 g/mol. The molecular weight excluding hydrogens is 761 g/mol. The molecule has 14 heteroatoms. The first kappa shape index (κ1) is 39.3. The largest absolute Gasteiger partial charge is 0.453 e. The van der Waals surface area contributed by atoms with Gasteiger partial charge in [-0.15, -0.1) is 0 Å². The molecule has 0 radical (unpaired) electrons. The molecule has 14 nitrogen and oxygen atoms in total. The summed E-state index contributed by atoms with van der Waals surface area (Å²) in [5.41, 5.74) is 6.08. The number of aromatic amines is 2. The van der Waals surface area contributed by atoms with Crippen molar-refractivity contribution >= 4 is 34.8 Å². The number of alkyl carbamates (subject to hydrolysis) is 2. The molecule has 2 aliphatic heterocycles. The summed E-state index contributed by atoms with van der Waals surface area (Å²) in [6.45, 7) is 6.20. The lowest BCUT2D eigenvalue weighted by Gasteiger charge is -2.36. The van der Waals surface area contributed by atoms with E-state index < -0.39 is 24.3 Å². The number of fused-ring (bicyclic) bond motifs is 3. The Hall–Kier alpha value is -6.18. The van der Waals surface area contributed by atoms with E-state index in [9.17, 15) is 19.2 Å². The van der Waals surface area contributed by atoms with Crippen LogP contribution in [0.4, 0.5) is 9.59 Å². The van der Waals surface area contributed by atoms with Gasteiger partial charge in [-0.3, -0.25) is 9.59 Å². The number of carbonyl (C=O) groups is 4. The van der Waals surface area contributed by atoms with Gasteiger partial charge in [0.15, 0.2) is 0 Å². The number of nitrogens with one attached hydrogen (secondary N) is 4. The maximum absolute atomic E-state index is 13.9. The summed E-state index contributed by atoms with van der Waals surface area (Å²) in [4.78, 5) is 71.8. The number of piperidine rings is 1. The van der Waals surface area contributed by atoms with Gasteiger partial charge < -0.3 is 39.9 Å². The molecule has 2 aromatic heterocycles. The molecule has 312 valence electrons. The zero-order valence-electron chi connectivity index (χ0n) is 34.7. The van der Waals surface area contributed by atoms with Crippen molar-refractivity contribution < 1.29 is 28.7 Å². The minimum Gasteiger partial charge on any atom is -0.453 e. The van der Waals surface area contributed by atoms with E-state index >= 15 is 0 Å². The van der Waals surface area contributed by atoms with Gasteiger partial charge in [-0.2, -0.15) is 0 Å². The first-order chi connectivity index (χ1) is 28.9. The van der Waals surface area contributed by atoms with Crippen LogP contribution < -0.4 is 10.6 Å². The molecular formula is C46H52N8O6. The van der Waals surface area contributed by atoms with Crippen molar-refractivity contribution in [1.29, 1.82) is 0 Å². The monoisotopic (exact) mass is 812 g/mol. The highest BCUT2D eigenvalue weighted by Crippen LogP contribution is 2.58. The Morgan fingerprint density at radius 3 is 2.03 bits per heavy atom. The molecule has 4 fully saturated rings. The second-order valence-corrected chi connectivity index (χ2v) is 17.5. The van der Waals surface area contributed by atoms with Crippen LogP contribution in [0.2, 0.25) is 0 Å². The van der Waals surface area contributed by atoms with Gasteiger partial charge in [0, 0.05) is 18.2 Å². The number of hydrogen-bond acceptors (Lipinski definition) is 8. The number of H-pyrrole nitrogens is 2. The summed E-state index contributed by atoms with van der Waals surface area (Å²) in [6, 6.07) is 19.6. The van der Waals surface area contributed by atoms with E-state index in [0.717, 1.165) is 94.6 Å². The molecule has 2 saturated heterocycles. The van der Waals surface area contributed by atoms with Crippen LogP contribution in [0.5, 0.6) is 0 Å². The Bertz CT molecular complexity index is 2450. The topological polar surface area (TPSA) is 175 Å². The average Bonchev–Trinajstić information content (AvgIpc) is 3.89.